The topological polar surface area (TPSA) is 52.1 Å². The summed E-state index contributed by atoms with van der Waals surface area (Å²) in [4.78, 5) is 21.7. The molecule has 2 atom stereocenters. The molecule has 4 nitrogen and oxygen atoms in total. The molecule has 4 fully saturated rings. The highest BCUT2D eigenvalue weighted by Gasteiger charge is 2.48. The van der Waals surface area contributed by atoms with E-state index in [9.17, 15) is 4.79 Å². The van der Waals surface area contributed by atoms with Crippen LogP contribution in [0.25, 0.3) is 0 Å². The Bertz CT molecular complexity index is 672. The molecule has 0 aliphatic heterocycles. The number of ether oxygens (including phenoxy) is 1. The van der Waals surface area contributed by atoms with Gasteiger partial charge in [-0.3, -0.25) is 4.79 Å². The highest BCUT2D eigenvalue weighted by molar-refractivity contribution is 14.1. The van der Waals surface area contributed by atoms with Crippen molar-refractivity contribution in [3.05, 3.63) is 20.2 Å². The van der Waals surface area contributed by atoms with E-state index in [0.29, 0.717) is 35.6 Å². The lowest BCUT2D eigenvalue weighted by molar-refractivity contribution is -0.158. The fourth-order valence-corrected chi connectivity index (χ4v) is 6.04. The van der Waals surface area contributed by atoms with Crippen LogP contribution in [-0.2, 0) is 16.0 Å². The summed E-state index contributed by atoms with van der Waals surface area (Å²) < 4.78 is 6.59. The number of hydrogen-bond acceptors (Lipinski definition) is 4. The Kier molecular flexibility index (Phi) is 5.24. The van der Waals surface area contributed by atoms with Gasteiger partial charge in [0, 0.05) is 5.92 Å². The Morgan fingerprint density at radius 1 is 1.16 bits per heavy atom. The Morgan fingerprint density at radius 2 is 1.84 bits per heavy atom. The quantitative estimate of drug-likeness (QED) is 0.350. The van der Waals surface area contributed by atoms with Gasteiger partial charge in [-0.1, -0.05) is 0 Å². The summed E-state index contributed by atoms with van der Waals surface area (Å²) in [6.07, 6.45) is 8.01. The van der Waals surface area contributed by atoms with Crippen LogP contribution in [0.4, 0.5) is 0 Å². The van der Waals surface area contributed by atoms with Crippen LogP contribution in [0.1, 0.15) is 62.8 Å². The minimum Gasteiger partial charge on any atom is -0.466 e. The zero-order chi connectivity index (χ0) is 17.6. The molecular weight excluding hydrogens is 451 g/mol. The van der Waals surface area contributed by atoms with Crippen molar-refractivity contribution in [2.45, 2.75) is 57.8 Å². The predicted molar refractivity (Wildman–Crippen MR) is 104 cm³/mol. The van der Waals surface area contributed by atoms with Crippen LogP contribution >= 0.6 is 34.2 Å². The largest absolute Gasteiger partial charge is 0.466 e. The first-order valence-corrected chi connectivity index (χ1v) is 10.9. The van der Waals surface area contributed by atoms with Gasteiger partial charge in [-0.25, -0.2) is 9.97 Å². The summed E-state index contributed by atoms with van der Waals surface area (Å²) in [5.74, 6) is 1.99. The van der Waals surface area contributed by atoms with E-state index in [0.717, 1.165) is 21.4 Å². The van der Waals surface area contributed by atoms with Gasteiger partial charge in [0.2, 0.25) is 5.28 Å². The van der Waals surface area contributed by atoms with Gasteiger partial charge in [0.05, 0.1) is 27.5 Å². The van der Waals surface area contributed by atoms with Gasteiger partial charge in [-0.05, 0) is 104 Å². The second-order valence-electron chi connectivity index (χ2n) is 7.73. The van der Waals surface area contributed by atoms with Gasteiger partial charge in [0.1, 0.15) is 0 Å². The van der Waals surface area contributed by atoms with Crippen molar-refractivity contribution < 1.29 is 9.53 Å². The van der Waals surface area contributed by atoms with Crippen LogP contribution < -0.4 is 0 Å². The lowest BCUT2D eigenvalue weighted by Gasteiger charge is -2.47. The lowest BCUT2D eigenvalue weighted by atomic mass is 9.57. The average Bonchev–Trinajstić information content (AvgIpc) is 3.44. The van der Waals surface area contributed by atoms with Gasteiger partial charge in [-0.15, -0.1) is 0 Å². The monoisotopic (exact) mass is 474 g/mol. The van der Waals surface area contributed by atoms with Crippen LogP contribution in [0.3, 0.4) is 0 Å². The molecule has 2 bridgehead atoms. The average molecular weight is 475 g/mol. The number of halogens is 2. The first-order chi connectivity index (χ1) is 12.1. The van der Waals surface area contributed by atoms with Crippen molar-refractivity contribution in [3.8, 4) is 0 Å². The van der Waals surface area contributed by atoms with Gasteiger partial charge in [0.25, 0.3) is 0 Å². The van der Waals surface area contributed by atoms with Crippen LogP contribution in [0.2, 0.25) is 5.28 Å². The number of hydrogen-bond donors (Lipinski definition) is 0. The number of carbonyl (C=O) groups is 1. The third-order valence-corrected chi connectivity index (χ3v) is 7.61. The molecule has 1 aromatic rings. The Balaban J connectivity index is 1.63. The maximum atomic E-state index is 12.6. The molecule has 5 rings (SSSR count). The number of nitrogens with zero attached hydrogens (tertiary/aromatic N) is 2. The van der Waals surface area contributed by atoms with Gasteiger partial charge >= 0.3 is 5.97 Å². The molecule has 0 N–H and O–H groups in total. The van der Waals surface area contributed by atoms with Crippen molar-refractivity contribution in [1.82, 2.24) is 9.97 Å². The Morgan fingerprint density at radius 3 is 2.48 bits per heavy atom. The third kappa shape index (κ3) is 3.55. The molecule has 0 aromatic carbocycles. The SMILES string of the molecule is CCOC(=O)[C@H]1C2CCC(CC2)[C@@H]1Cc1nc(Cl)nc(C2CC2)c1I. The Hall–Kier alpha value is -0.430. The molecule has 0 spiro atoms. The molecule has 0 amide bonds. The van der Waals surface area contributed by atoms with Crippen LogP contribution in [0.5, 0.6) is 0 Å². The molecular formula is C19H24ClIN2O2. The molecule has 6 heteroatoms. The van der Waals surface area contributed by atoms with Crippen molar-refractivity contribution in [3.63, 3.8) is 0 Å². The lowest BCUT2D eigenvalue weighted by Crippen LogP contribution is -2.45. The van der Waals surface area contributed by atoms with E-state index in [4.69, 9.17) is 16.3 Å². The first kappa shape index (κ1) is 18.0. The van der Waals surface area contributed by atoms with Crippen molar-refractivity contribution in [1.29, 1.82) is 0 Å². The number of esters is 1. The molecule has 0 saturated heterocycles. The minimum absolute atomic E-state index is 0.000484. The summed E-state index contributed by atoms with van der Waals surface area (Å²) in [6, 6.07) is 0. The maximum Gasteiger partial charge on any atom is 0.309 e. The molecule has 4 aliphatic rings. The summed E-state index contributed by atoms with van der Waals surface area (Å²) >= 11 is 8.60. The predicted octanol–water partition coefficient (Wildman–Crippen LogP) is 4.77. The molecule has 4 aliphatic carbocycles. The molecule has 1 heterocycles. The molecule has 136 valence electrons. The summed E-state index contributed by atoms with van der Waals surface area (Å²) in [7, 11) is 0. The zero-order valence-electron chi connectivity index (χ0n) is 14.5. The Labute approximate surface area is 167 Å². The highest BCUT2D eigenvalue weighted by atomic mass is 127. The van der Waals surface area contributed by atoms with Gasteiger partial charge in [-0.2, -0.15) is 0 Å². The second kappa shape index (κ2) is 7.29. The molecule has 25 heavy (non-hydrogen) atoms. The zero-order valence-corrected chi connectivity index (χ0v) is 17.4. The van der Waals surface area contributed by atoms with Crippen LogP contribution in [0, 0.1) is 27.2 Å². The molecule has 4 saturated carbocycles. The summed E-state index contributed by atoms with van der Waals surface area (Å²) in [5, 5.41) is 0.353. The smallest absolute Gasteiger partial charge is 0.309 e. The van der Waals surface area contributed by atoms with E-state index in [1.807, 2.05) is 6.92 Å². The van der Waals surface area contributed by atoms with Crippen molar-refractivity contribution >= 4 is 40.2 Å². The third-order valence-electron chi connectivity index (χ3n) is 6.26. The summed E-state index contributed by atoms with van der Waals surface area (Å²) in [6.45, 7) is 2.35. The minimum atomic E-state index is -0.000484. The van der Waals surface area contributed by atoms with Gasteiger partial charge < -0.3 is 4.74 Å². The maximum absolute atomic E-state index is 12.6. The number of rotatable bonds is 5. The number of aromatic nitrogens is 2. The first-order valence-electron chi connectivity index (χ1n) is 9.47. The molecule has 0 radical (unpaired) electrons. The van der Waals surface area contributed by atoms with E-state index in [-0.39, 0.29) is 11.9 Å². The van der Waals surface area contributed by atoms with E-state index in [1.165, 1.54) is 38.5 Å². The van der Waals surface area contributed by atoms with Crippen LogP contribution in [-0.4, -0.2) is 22.5 Å². The molecule has 0 unspecified atom stereocenters. The summed E-state index contributed by atoms with van der Waals surface area (Å²) in [5.41, 5.74) is 2.15. The van der Waals surface area contributed by atoms with Crippen LogP contribution in [0.15, 0.2) is 0 Å². The standard InChI is InChI=1S/C19H24ClIN2O2/c1-2-25-18(24)15-11-5-3-10(4-6-11)13(15)9-14-16(21)17(12-7-8-12)23-19(20)22-14/h10-13,15H,2-9H2,1H3/t10?,11?,13-,15-/m0/s1. The molecule has 1 aromatic heterocycles. The second-order valence-corrected chi connectivity index (χ2v) is 9.15. The fraction of sp³-hybridized carbons (Fsp3) is 0.737. The normalized spacial score (nSPS) is 31.2. The van der Waals surface area contributed by atoms with Crippen molar-refractivity contribution in [2.75, 3.05) is 6.61 Å². The van der Waals surface area contributed by atoms with E-state index >= 15 is 0 Å². The number of carbonyl (C=O) groups excluding carboxylic acids is 1. The van der Waals surface area contributed by atoms with Gasteiger partial charge in [0.15, 0.2) is 0 Å². The fourth-order valence-electron chi connectivity index (χ4n) is 4.94. The highest BCUT2D eigenvalue weighted by Crippen LogP contribution is 2.51. The van der Waals surface area contributed by atoms with E-state index in [1.54, 1.807) is 0 Å². The van der Waals surface area contributed by atoms with Crippen molar-refractivity contribution in [2.24, 2.45) is 23.7 Å². The van der Waals surface area contributed by atoms with E-state index in [2.05, 4.69) is 32.6 Å². The number of fused-ring (bicyclic) bond motifs is 3. The van der Waals surface area contributed by atoms with E-state index < -0.39 is 0 Å².